The third-order valence-electron chi connectivity index (χ3n) is 4.29. The van der Waals surface area contributed by atoms with Crippen LogP contribution < -0.4 is 17.0 Å². The Bertz CT molecular complexity index is 443. The number of nitrogen functional groups attached to an aromatic ring is 1. The molecule has 19 heavy (non-hydrogen) atoms. The first-order valence-corrected chi connectivity index (χ1v) is 6.93. The number of nitrogens with zero attached hydrogens (tertiary/aromatic N) is 2. The highest BCUT2D eigenvalue weighted by atomic mass is 35.5. The number of nitrogens with one attached hydrogen (secondary N) is 1. The van der Waals surface area contributed by atoms with Crippen LogP contribution in [-0.4, -0.2) is 29.5 Å². The second-order valence-electron chi connectivity index (χ2n) is 5.43. The predicted molar refractivity (Wildman–Crippen MR) is 78.6 cm³/mol. The molecule has 1 unspecified atom stereocenters. The number of halogens is 1. The topological polar surface area (TPSA) is 80.2 Å². The lowest BCUT2D eigenvalue weighted by atomic mass is 9.83. The summed E-state index contributed by atoms with van der Waals surface area (Å²) in [7, 11) is 4.17. The molecular formula is C13H22ClN5. The van der Waals surface area contributed by atoms with Gasteiger partial charge in [-0.3, -0.25) is 11.3 Å². The third kappa shape index (κ3) is 2.56. The molecule has 106 valence electrons. The van der Waals surface area contributed by atoms with Gasteiger partial charge < -0.3 is 10.6 Å². The van der Waals surface area contributed by atoms with Gasteiger partial charge in [0.25, 0.3) is 0 Å². The van der Waals surface area contributed by atoms with Gasteiger partial charge in [-0.2, -0.15) is 0 Å². The number of rotatable bonds is 4. The van der Waals surface area contributed by atoms with E-state index in [4.69, 9.17) is 23.2 Å². The Balaban J connectivity index is 2.45. The molecule has 1 aliphatic carbocycles. The number of hydrogen-bond donors (Lipinski definition) is 3. The van der Waals surface area contributed by atoms with Crippen LogP contribution in [-0.2, 0) is 0 Å². The number of likely N-dealkylation sites (N-methyl/N-ethyl adjacent to an activating group) is 1. The summed E-state index contributed by atoms with van der Waals surface area (Å²) in [6.07, 6.45) is 6.13. The summed E-state index contributed by atoms with van der Waals surface area (Å²) in [5.41, 5.74) is 9.79. The van der Waals surface area contributed by atoms with E-state index in [1.54, 1.807) is 6.20 Å². The zero-order valence-corrected chi connectivity index (χ0v) is 12.2. The van der Waals surface area contributed by atoms with Crippen LogP contribution in [0.15, 0.2) is 12.3 Å². The van der Waals surface area contributed by atoms with Gasteiger partial charge >= 0.3 is 0 Å². The molecule has 0 aromatic carbocycles. The van der Waals surface area contributed by atoms with E-state index in [2.05, 4.69) is 29.4 Å². The number of aromatic nitrogens is 1. The molecule has 0 saturated heterocycles. The SMILES string of the molecule is CN(C)C1(C(NN)c2cc(Cl)cnc2N)CCCC1. The first-order chi connectivity index (χ1) is 9.01. The molecule has 1 saturated carbocycles. The highest BCUT2D eigenvalue weighted by molar-refractivity contribution is 6.30. The van der Waals surface area contributed by atoms with Crippen LogP contribution in [0.5, 0.6) is 0 Å². The molecule has 1 fully saturated rings. The molecule has 0 aliphatic heterocycles. The summed E-state index contributed by atoms with van der Waals surface area (Å²) in [5.74, 6) is 6.31. The largest absolute Gasteiger partial charge is 0.383 e. The van der Waals surface area contributed by atoms with E-state index >= 15 is 0 Å². The number of anilines is 1. The molecule has 1 aromatic rings. The Hall–Kier alpha value is -0.880. The van der Waals surface area contributed by atoms with E-state index in [1.807, 2.05) is 6.07 Å². The Morgan fingerprint density at radius 2 is 2.05 bits per heavy atom. The van der Waals surface area contributed by atoms with E-state index in [1.165, 1.54) is 12.8 Å². The Morgan fingerprint density at radius 3 is 2.58 bits per heavy atom. The van der Waals surface area contributed by atoms with E-state index in [0.29, 0.717) is 10.8 Å². The molecule has 0 amide bonds. The van der Waals surface area contributed by atoms with E-state index in [-0.39, 0.29) is 11.6 Å². The fourth-order valence-electron chi connectivity index (χ4n) is 3.21. The molecule has 1 aromatic heterocycles. The van der Waals surface area contributed by atoms with Crippen LogP contribution in [0.3, 0.4) is 0 Å². The molecule has 5 N–H and O–H groups in total. The van der Waals surface area contributed by atoms with Crippen LogP contribution in [0.1, 0.15) is 37.3 Å². The van der Waals surface area contributed by atoms with Crippen LogP contribution in [0.4, 0.5) is 5.82 Å². The summed E-state index contributed by atoms with van der Waals surface area (Å²) in [5, 5.41) is 0.580. The van der Waals surface area contributed by atoms with Gasteiger partial charge in [-0.1, -0.05) is 24.4 Å². The molecule has 1 aliphatic rings. The third-order valence-corrected chi connectivity index (χ3v) is 4.50. The van der Waals surface area contributed by atoms with Crippen molar-refractivity contribution >= 4 is 17.4 Å². The molecule has 0 spiro atoms. The molecule has 1 heterocycles. The highest BCUT2D eigenvalue weighted by Gasteiger charge is 2.44. The molecule has 0 bridgehead atoms. The van der Waals surface area contributed by atoms with Crippen molar-refractivity contribution in [2.75, 3.05) is 19.8 Å². The minimum atomic E-state index is -0.0730. The number of nitrogens with two attached hydrogens (primary N) is 2. The lowest BCUT2D eigenvalue weighted by molar-refractivity contribution is 0.105. The normalized spacial score (nSPS) is 19.8. The van der Waals surface area contributed by atoms with Crippen LogP contribution in [0, 0.1) is 0 Å². The average molecular weight is 284 g/mol. The molecule has 0 radical (unpaired) electrons. The fourth-order valence-corrected chi connectivity index (χ4v) is 3.38. The first kappa shape index (κ1) is 14.5. The van der Waals surface area contributed by atoms with Gasteiger partial charge in [-0.05, 0) is 33.0 Å². The maximum atomic E-state index is 6.05. The Labute approximate surface area is 119 Å². The average Bonchev–Trinajstić information content (AvgIpc) is 2.85. The van der Waals surface area contributed by atoms with E-state index in [9.17, 15) is 0 Å². The lowest BCUT2D eigenvalue weighted by Crippen LogP contribution is -2.53. The number of hydrogen-bond acceptors (Lipinski definition) is 5. The van der Waals surface area contributed by atoms with Crippen molar-refractivity contribution in [3.8, 4) is 0 Å². The van der Waals surface area contributed by atoms with Gasteiger partial charge in [0.05, 0.1) is 11.1 Å². The van der Waals surface area contributed by atoms with Gasteiger partial charge in [0.15, 0.2) is 0 Å². The summed E-state index contributed by atoms with van der Waals surface area (Å²) < 4.78 is 0. The van der Waals surface area contributed by atoms with Gasteiger partial charge in [-0.25, -0.2) is 4.98 Å². The summed E-state index contributed by atoms with van der Waals surface area (Å²) in [6, 6.07) is 1.79. The standard InChI is InChI=1S/C13H22ClN5/c1-19(2)13(5-3-4-6-13)11(18-16)10-7-9(14)8-17-12(10)15/h7-8,11,18H,3-6,16H2,1-2H3,(H2,15,17). The summed E-state index contributed by atoms with van der Waals surface area (Å²) >= 11 is 6.05. The first-order valence-electron chi connectivity index (χ1n) is 6.56. The van der Waals surface area contributed by atoms with Crippen molar-refractivity contribution in [1.82, 2.24) is 15.3 Å². The van der Waals surface area contributed by atoms with Crippen molar-refractivity contribution in [1.29, 1.82) is 0 Å². The van der Waals surface area contributed by atoms with E-state index < -0.39 is 0 Å². The monoisotopic (exact) mass is 283 g/mol. The summed E-state index contributed by atoms with van der Waals surface area (Å²) in [4.78, 5) is 6.38. The van der Waals surface area contributed by atoms with Crippen molar-refractivity contribution in [2.24, 2.45) is 5.84 Å². The molecular weight excluding hydrogens is 262 g/mol. The minimum absolute atomic E-state index is 0.0325. The van der Waals surface area contributed by atoms with Crippen LogP contribution >= 0.6 is 11.6 Å². The Morgan fingerprint density at radius 1 is 1.42 bits per heavy atom. The maximum Gasteiger partial charge on any atom is 0.128 e. The van der Waals surface area contributed by atoms with Crippen molar-refractivity contribution in [3.63, 3.8) is 0 Å². The smallest absolute Gasteiger partial charge is 0.128 e. The summed E-state index contributed by atoms with van der Waals surface area (Å²) in [6.45, 7) is 0. The fraction of sp³-hybridized carbons (Fsp3) is 0.615. The van der Waals surface area contributed by atoms with Crippen molar-refractivity contribution in [2.45, 2.75) is 37.3 Å². The zero-order chi connectivity index (χ0) is 14.0. The number of hydrazine groups is 1. The quantitative estimate of drug-likeness (QED) is 0.579. The highest BCUT2D eigenvalue weighted by Crippen LogP contribution is 2.44. The second-order valence-corrected chi connectivity index (χ2v) is 5.87. The lowest BCUT2D eigenvalue weighted by Gasteiger charge is -2.43. The van der Waals surface area contributed by atoms with Gasteiger partial charge in [0.2, 0.25) is 0 Å². The number of pyridine rings is 1. The zero-order valence-electron chi connectivity index (χ0n) is 11.5. The Kier molecular flexibility index (Phi) is 4.30. The minimum Gasteiger partial charge on any atom is -0.383 e. The molecule has 5 nitrogen and oxygen atoms in total. The predicted octanol–water partition coefficient (Wildman–Crippen LogP) is 1.70. The van der Waals surface area contributed by atoms with Gasteiger partial charge in [0, 0.05) is 17.3 Å². The molecule has 6 heteroatoms. The second kappa shape index (κ2) is 5.63. The van der Waals surface area contributed by atoms with Gasteiger partial charge in [-0.15, -0.1) is 0 Å². The van der Waals surface area contributed by atoms with Crippen LogP contribution in [0.2, 0.25) is 5.02 Å². The molecule has 2 rings (SSSR count). The molecule has 1 atom stereocenters. The van der Waals surface area contributed by atoms with Crippen molar-refractivity contribution in [3.05, 3.63) is 22.8 Å². The maximum absolute atomic E-state index is 6.05. The van der Waals surface area contributed by atoms with Crippen molar-refractivity contribution < 1.29 is 0 Å². The van der Waals surface area contributed by atoms with E-state index in [0.717, 1.165) is 18.4 Å². The van der Waals surface area contributed by atoms with Gasteiger partial charge in [0.1, 0.15) is 5.82 Å². The van der Waals surface area contributed by atoms with Crippen LogP contribution in [0.25, 0.3) is 0 Å².